The molecule has 0 radical (unpaired) electrons. The molecule has 5 nitrogen and oxygen atoms in total. The summed E-state index contributed by atoms with van der Waals surface area (Å²) in [6.45, 7) is 0. The van der Waals surface area contributed by atoms with E-state index in [1.807, 2.05) is 5.38 Å². The van der Waals surface area contributed by atoms with Gasteiger partial charge in [-0.1, -0.05) is 12.8 Å². The van der Waals surface area contributed by atoms with Gasteiger partial charge in [0.15, 0.2) is 0 Å². The summed E-state index contributed by atoms with van der Waals surface area (Å²) in [5.74, 6) is -0.501. The summed E-state index contributed by atoms with van der Waals surface area (Å²) in [5, 5.41) is 11.4. The van der Waals surface area contributed by atoms with Crippen molar-refractivity contribution in [1.29, 1.82) is 0 Å². The number of hydrogen-bond acceptors (Lipinski definition) is 4. The molecule has 3 atom stereocenters. The van der Waals surface area contributed by atoms with E-state index in [9.17, 15) is 14.7 Å². The van der Waals surface area contributed by atoms with Gasteiger partial charge in [0.2, 0.25) is 5.91 Å². The highest BCUT2D eigenvalue weighted by atomic mass is 32.1. The third kappa shape index (κ3) is 2.95. The monoisotopic (exact) mass is 308 g/mol. The molecule has 1 aliphatic carbocycles. The molecule has 2 aliphatic rings. The first-order valence-corrected chi connectivity index (χ1v) is 8.52. The number of carboxylic acid groups (broad SMARTS) is 1. The van der Waals surface area contributed by atoms with Gasteiger partial charge in [0.25, 0.3) is 0 Å². The average molecular weight is 308 g/mol. The van der Waals surface area contributed by atoms with E-state index in [4.69, 9.17) is 0 Å². The number of nitrogens with zero attached hydrogens (tertiary/aromatic N) is 2. The summed E-state index contributed by atoms with van der Waals surface area (Å²) in [4.78, 5) is 29.9. The van der Waals surface area contributed by atoms with Crippen molar-refractivity contribution in [3.05, 3.63) is 16.6 Å². The first kappa shape index (κ1) is 14.5. The zero-order valence-electron chi connectivity index (χ0n) is 11.9. The van der Waals surface area contributed by atoms with Crippen LogP contribution in [0.25, 0.3) is 0 Å². The quantitative estimate of drug-likeness (QED) is 0.926. The summed E-state index contributed by atoms with van der Waals surface area (Å²) in [7, 11) is 0. The van der Waals surface area contributed by atoms with E-state index in [0.717, 1.165) is 31.4 Å². The summed E-state index contributed by atoms with van der Waals surface area (Å²) in [6, 6.07) is -0.483. The molecule has 6 heteroatoms. The Kier molecular flexibility index (Phi) is 4.24. The Morgan fingerprint density at radius 1 is 1.38 bits per heavy atom. The van der Waals surface area contributed by atoms with Crippen LogP contribution in [-0.4, -0.2) is 39.0 Å². The van der Waals surface area contributed by atoms with E-state index in [2.05, 4.69) is 4.98 Å². The fourth-order valence-electron chi connectivity index (χ4n) is 3.76. The van der Waals surface area contributed by atoms with Crippen LogP contribution >= 0.6 is 11.3 Å². The molecular weight excluding hydrogens is 288 g/mol. The lowest BCUT2D eigenvalue weighted by Crippen LogP contribution is -2.46. The number of aryl methyl sites for hydroxylation is 1. The van der Waals surface area contributed by atoms with E-state index in [1.54, 1.807) is 10.4 Å². The summed E-state index contributed by atoms with van der Waals surface area (Å²) < 4.78 is 0. The minimum atomic E-state index is -0.855. The molecule has 1 amide bonds. The third-order valence-electron chi connectivity index (χ3n) is 4.74. The molecule has 0 aromatic carbocycles. The molecule has 0 spiro atoms. The Balaban J connectivity index is 1.70. The molecule has 1 aliphatic heterocycles. The minimum Gasteiger partial charge on any atom is -0.480 e. The van der Waals surface area contributed by atoms with Crippen LogP contribution in [0.3, 0.4) is 0 Å². The van der Waals surface area contributed by atoms with Gasteiger partial charge in [0.05, 0.1) is 11.2 Å². The molecule has 1 aromatic rings. The molecule has 114 valence electrons. The van der Waals surface area contributed by atoms with Crippen molar-refractivity contribution in [1.82, 2.24) is 9.88 Å². The van der Waals surface area contributed by atoms with Crippen LogP contribution in [-0.2, 0) is 16.0 Å². The third-order valence-corrected chi connectivity index (χ3v) is 5.37. The first-order chi connectivity index (χ1) is 10.2. The Labute approximate surface area is 128 Å². The van der Waals surface area contributed by atoms with Crippen molar-refractivity contribution in [3.8, 4) is 0 Å². The highest BCUT2D eigenvalue weighted by molar-refractivity contribution is 7.07. The molecule has 2 heterocycles. The number of likely N-dealkylation sites (tertiary alicyclic amines) is 1. The number of carboxylic acids is 1. The highest BCUT2D eigenvalue weighted by Gasteiger charge is 2.47. The molecule has 1 saturated carbocycles. The number of carbonyl (C=O) groups excluding carboxylic acids is 1. The van der Waals surface area contributed by atoms with Gasteiger partial charge in [-0.3, -0.25) is 4.79 Å². The number of carbonyl (C=O) groups is 2. The maximum Gasteiger partial charge on any atom is 0.326 e. The van der Waals surface area contributed by atoms with Gasteiger partial charge in [0.1, 0.15) is 6.04 Å². The van der Waals surface area contributed by atoms with Crippen LogP contribution in [0.5, 0.6) is 0 Å². The number of rotatable bonds is 4. The summed E-state index contributed by atoms with van der Waals surface area (Å²) in [6.07, 6.45) is 5.86. The lowest BCUT2D eigenvalue weighted by Gasteiger charge is -2.33. The van der Waals surface area contributed by atoms with Crippen LogP contribution < -0.4 is 0 Å². The van der Waals surface area contributed by atoms with E-state index >= 15 is 0 Å². The normalized spacial score (nSPS) is 28.4. The first-order valence-electron chi connectivity index (χ1n) is 7.58. The SMILES string of the molecule is O=C(O)[C@@H]1C[C@H]2CCCC[C@H]2N1C(=O)CCc1cscn1. The smallest absolute Gasteiger partial charge is 0.326 e. The summed E-state index contributed by atoms with van der Waals surface area (Å²) >= 11 is 1.52. The zero-order chi connectivity index (χ0) is 14.8. The Bertz CT molecular complexity index is 517. The number of fused-ring (bicyclic) bond motifs is 1. The fraction of sp³-hybridized carbons (Fsp3) is 0.667. The molecular formula is C15H20N2O3S. The van der Waals surface area contributed by atoms with Crippen LogP contribution in [0.2, 0.25) is 0 Å². The summed E-state index contributed by atoms with van der Waals surface area (Å²) in [5.41, 5.74) is 2.67. The number of aliphatic carboxylic acids is 1. The number of amides is 1. The van der Waals surface area contributed by atoms with Crippen LogP contribution in [0.15, 0.2) is 10.9 Å². The van der Waals surface area contributed by atoms with E-state index < -0.39 is 12.0 Å². The Morgan fingerprint density at radius 2 is 2.19 bits per heavy atom. The van der Waals surface area contributed by atoms with Gasteiger partial charge in [0, 0.05) is 17.8 Å². The van der Waals surface area contributed by atoms with Gasteiger partial charge in [-0.25, -0.2) is 9.78 Å². The molecule has 2 fully saturated rings. The van der Waals surface area contributed by atoms with E-state index in [-0.39, 0.29) is 11.9 Å². The zero-order valence-corrected chi connectivity index (χ0v) is 12.7. The molecule has 3 rings (SSSR count). The number of thiazole rings is 1. The van der Waals surface area contributed by atoms with Crippen LogP contribution in [0, 0.1) is 5.92 Å². The maximum absolute atomic E-state index is 12.5. The van der Waals surface area contributed by atoms with Gasteiger partial charge in [-0.05, 0) is 31.6 Å². The maximum atomic E-state index is 12.5. The topological polar surface area (TPSA) is 70.5 Å². The van der Waals surface area contributed by atoms with Crippen molar-refractivity contribution in [2.24, 2.45) is 5.92 Å². The van der Waals surface area contributed by atoms with E-state index in [1.165, 1.54) is 11.3 Å². The molecule has 1 saturated heterocycles. The average Bonchev–Trinajstić information content (AvgIpc) is 3.11. The van der Waals surface area contributed by atoms with Crippen LogP contribution in [0.4, 0.5) is 0 Å². The van der Waals surface area contributed by atoms with Gasteiger partial charge in [-0.15, -0.1) is 11.3 Å². The lowest BCUT2D eigenvalue weighted by molar-refractivity contribution is -0.149. The lowest BCUT2D eigenvalue weighted by atomic mass is 9.84. The molecule has 21 heavy (non-hydrogen) atoms. The van der Waals surface area contributed by atoms with Crippen molar-refractivity contribution >= 4 is 23.2 Å². The van der Waals surface area contributed by atoms with Crippen molar-refractivity contribution < 1.29 is 14.7 Å². The second-order valence-electron chi connectivity index (χ2n) is 5.98. The highest BCUT2D eigenvalue weighted by Crippen LogP contribution is 2.40. The standard InChI is InChI=1S/C15H20N2O3S/c18-14(6-5-11-8-21-9-16-11)17-12-4-2-1-3-10(12)7-13(17)15(19)20/h8-10,12-13H,1-7H2,(H,19,20)/t10-,12-,13+/m1/s1. The van der Waals surface area contributed by atoms with Gasteiger partial charge in [-0.2, -0.15) is 0 Å². The molecule has 1 N–H and O–H groups in total. The van der Waals surface area contributed by atoms with Gasteiger partial charge >= 0.3 is 5.97 Å². The number of aromatic nitrogens is 1. The largest absolute Gasteiger partial charge is 0.480 e. The van der Waals surface area contributed by atoms with Crippen molar-refractivity contribution in [3.63, 3.8) is 0 Å². The number of hydrogen-bond donors (Lipinski definition) is 1. The van der Waals surface area contributed by atoms with Crippen LogP contribution in [0.1, 0.15) is 44.2 Å². The molecule has 0 bridgehead atoms. The molecule has 1 aromatic heterocycles. The molecule has 0 unspecified atom stereocenters. The van der Waals surface area contributed by atoms with Crippen molar-refractivity contribution in [2.75, 3.05) is 0 Å². The predicted molar refractivity (Wildman–Crippen MR) is 79.1 cm³/mol. The Morgan fingerprint density at radius 3 is 2.90 bits per heavy atom. The minimum absolute atomic E-state index is 0.0233. The fourth-order valence-corrected chi connectivity index (χ4v) is 4.36. The van der Waals surface area contributed by atoms with Crippen molar-refractivity contribution in [2.45, 2.75) is 57.0 Å². The second-order valence-corrected chi connectivity index (χ2v) is 6.70. The predicted octanol–water partition coefficient (Wildman–Crippen LogP) is 2.32. The second kappa shape index (κ2) is 6.13. The van der Waals surface area contributed by atoms with Gasteiger partial charge < -0.3 is 10.0 Å². The van der Waals surface area contributed by atoms with E-state index in [0.29, 0.717) is 25.2 Å². The Hall–Kier alpha value is -1.43.